The molecule has 1 aromatic heterocycles. The molecule has 0 aliphatic heterocycles. The lowest BCUT2D eigenvalue weighted by Gasteiger charge is -2.42. The van der Waals surface area contributed by atoms with Crippen molar-refractivity contribution in [2.75, 3.05) is 6.54 Å². The van der Waals surface area contributed by atoms with Gasteiger partial charge in [0.2, 0.25) is 0 Å². The van der Waals surface area contributed by atoms with Crippen molar-refractivity contribution in [3.8, 4) is 0 Å². The number of nitrogens with one attached hydrogen (secondary N) is 1. The molecule has 102 valence electrons. The molecule has 1 aliphatic carbocycles. The summed E-state index contributed by atoms with van der Waals surface area (Å²) in [5, 5.41) is 5.08. The molecule has 2 unspecified atom stereocenters. The highest BCUT2D eigenvalue weighted by Crippen LogP contribution is 2.44. The van der Waals surface area contributed by atoms with Gasteiger partial charge in [0.25, 0.3) is 0 Å². The third-order valence-corrected chi connectivity index (χ3v) is 5.43. The molecule has 1 heterocycles. The Morgan fingerprint density at radius 1 is 1.28 bits per heavy atom. The SMILES string of the molecule is CCNC1(c2nc(C)c(C)s2)CC(C)CC(C)C1. The first-order valence-corrected chi connectivity index (χ1v) is 7.98. The van der Waals surface area contributed by atoms with E-state index in [1.807, 2.05) is 11.3 Å². The molecule has 2 atom stereocenters. The van der Waals surface area contributed by atoms with Crippen molar-refractivity contribution >= 4 is 11.3 Å². The summed E-state index contributed by atoms with van der Waals surface area (Å²) in [6.07, 6.45) is 3.83. The molecule has 0 spiro atoms. The Bertz CT molecular complexity index is 381. The number of nitrogens with zero attached hydrogens (tertiary/aromatic N) is 1. The van der Waals surface area contributed by atoms with E-state index in [1.54, 1.807) is 0 Å². The number of thiazole rings is 1. The second kappa shape index (κ2) is 5.30. The summed E-state index contributed by atoms with van der Waals surface area (Å²) in [6, 6.07) is 0. The molecule has 1 aromatic rings. The van der Waals surface area contributed by atoms with Gasteiger partial charge in [0.15, 0.2) is 0 Å². The minimum atomic E-state index is 0.134. The topological polar surface area (TPSA) is 24.9 Å². The molecule has 0 saturated heterocycles. The monoisotopic (exact) mass is 266 g/mol. The summed E-state index contributed by atoms with van der Waals surface area (Å²) in [5.41, 5.74) is 1.34. The van der Waals surface area contributed by atoms with Crippen LogP contribution in [-0.4, -0.2) is 11.5 Å². The highest BCUT2D eigenvalue weighted by atomic mass is 32.1. The van der Waals surface area contributed by atoms with Crippen molar-refractivity contribution in [3.05, 3.63) is 15.6 Å². The molecule has 1 aliphatic rings. The van der Waals surface area contributed by atoms with Crippen LogP contribution >= 0.6 is 11.3 Å². The third-order valence-electron chi connectivity index (χ3n) is 4.15. The van der Waals surface area contributed by atoms with Gasteiger partial charge in [-0.05, 0) is 51.5 Å². The fraction of sp³-hybridized carbons (Fsp3) is 0.800. The number of aromatic nitrogens is 1. The van der Waals surface area contributed by atoms with Gasteiger partial charge in [-0.1, -0.05) is 20.8 Å². The van der Waals surface area contributed by atoms with Gasteiger partial charge in [0.05, 0.1) is 11.2 Å². The van der Waals surface area contributed by atoms with Gasteiger partial charge < -0.3 is 5.32 Å². The van der Waals surface area contributed by atoms with Crippen LogP contribution in [0.4, 0.5) is 0 Å². The number of aryl methyl sites for hydroxylation is 2. The van der Waals surface area contributed by atoms with Crippen LogP contribution in [0.1, 0.15) is 55.6 Å². The zero-order valence-corrected chi connectivity index (χ0v) is 13.2. The van der Waals surface area contributed by atoms with Gasteiger partial charge in [0, 0.05) is 4.88 Å². The highest BCUT2D eigenvalue weighted by Gasteiger charge is 2.41. The molecule has 1 N–H and O–H groups in total. The number of hydrogen-bond acceptors (Lipinski definition) is 3. The minimum Gasteiger partial charge on any atom is -0.306 e. The van der Waals surface area contributed by atoms with Crippen molar-refractivity contribution in [1.82, 2.24) is 10.3 Å². The summed E-state index contributed by atoms with van der Waals surface area (Å²) >= 11 is 1.89. The van der Waals surface area contributed by atoms with E-state index < -0.39 is 0 Å². The van der Waals surface area contributed by atoms with Gasteiger partial charge in [-0.25, -0.2) is 4.98 Å². The first kappa shape index (κ1) is 14.0. The maximum absolute atomic E-state index is 4.85. The van der Waals surface area contributed by atoms with E-state index in [4.69, 9.17) is 4.98 Å². The average molecular weight is 266 g/mol. The molecular weight excluding hydrogens is 240 g/mol. The quantitative estimate of drug-likeness (QED) is 0.893. The van der Waals surface area contributed by atoms with Crippen LogP contribution in [0.3, 0.4) is 0 Å². The maximum Gasteiger partial charge on any atom is 0.113 e. The lowest BCUT2D eigenvalue weighted by atomic mass is 9.72. The second-order valence-corrected chi connectivity index (χ2v) is 7.33. The molecule has 0 radical (unpaired) electrons. The predicted octanol–water partition coefficient (Wildman–Crippen LogP) is 4.02. The zero-order valence-electron chi connectivity index (χ0n) is 12.3. The molecule has 0 bridgehead atoms. The van der Waals surface area contributed by atoms with E-state index in [1.165, 1.54) is 34.8 Å². The second-order valence-electron chi connectivity index (χ2n) is 6.13. The Hall–Kier alpha value is -0.410. The fourth-order valence-corrected chi connectivity index (χ4v) is 4.64. The third kappa shape index (κ3) is 2.62. The van der Waals surface area contributed by atoms with Crippen LogP contribution < -0.4 is 5.32 Å². The molecular formula is C15H26N2S. The van der Waals surface area contributed by atoms with Crippen LogP contribution in [0, 0.1) is 25.7 Å². The Morgan fingerprint density at radius 2 is 1.89 bits per heavy atom. The lowest BCUT2D eigenvalue weighted by Crippen LogP contribution is -2.47. The molecule has 0 amide bonds. The van der Waals surface area contributed by atoms with E-state index >= 15 is 0 Å². The normalized spacial score (nSPS) is 32.7. The molecule has 1 fully saturated rings. The van der Waals surface area contributed by atoms with E-state index in [2.05, 4.69) is 39.9 Å². The summed E-state index contributed by atoms with van der Waals surface area (Å²) in [4.78, 5) is 6.22. The molecule has 0 aromatic carbocycles. The van der Waals surface area contributed by atoms with Crippen molar-refractivity contribution in [2.45, 2.75) is 59.4 Å². The molecule has 2 nitrogen and oxygen atoms in total. The smallest absolute Gasteiger partial charge is 0.113 e. The summed E-state index contributed by atoms with van der Waals surface area (Å²) in [6.45, 7) is 12.3. The Labute approximate surface area is 115 Å². The maximum atomic E-state index is 4.85. The van der Waals surface area contributed by atoms with E-state index in [0.717, 1.165) is 18.4 Å². The van der Waals surface area contributed by atoms with Crippen LogP contribution in [0.2, 0.25) is 0 Å². The molecule has 1 saturated carbocycles. The number of hydrogen-bond donors (Lipinski definition) is 1. The van der Waals surface area contributed by atoms with Crippen LogP contribution in [0.15, 0.2) is 0 Å². The fourth-order valence-electron chi connectivity index (χ4n) is 3.54. The first-order chi connectivity index (χ1) is 8.47. The molecule has 3 heteroatoms. The predicted molar refractivity (Wildman–Crippen MR) is 79.1 cm³/mol. The van der Waals surface area contributed by atoms with Gasteiger partial charge in [-0.2, -0.15) is 0 Å². The van der Waals surface area contributed by atoms with E-state index in [9.17, 15) is 0 Å². The van der Waals surface area contributed by atoms with Gasteiger partial charge >= 0.3 is 0 Å². The van der Waals surface area contributed by atoms with Crippen LogP contribution in [-0.2, 0) is 5.54 Å². The van der Waals surface area contributed by atoms with Crippen molar-refractivity contribution in [3.63, 3.8) is 0 Å². The zero-order chi connectivity index (χ0) is 13.3. The van der Waals surface area contributed by atoms with Crippen molar-refractivity contribution in [2.24, 2.45) is 11.8 Å². The number of rotatable bonds is 3. The molecule has 2 rings (SSSR count). The van der Waals surface area contributed by atoms with Gasteiger partial charge in [-0.3, -0.25) is 0 Å². The van der Waals surface area contributed by atoms with Crippen LogP contribution in [0.25, 0.3) is 0 Å². The van der Waals surface area contributed by atoms with E-state index in [0.29, 0.717) is 0 Å². The Balaban J connectivity index is 2.36. The summed E-state index contributed by atoms with van der Waals surface area (Å²) < 4.78 is 0. The Kier molecular flexibility index (Phi) is 4.12. The van der Waals surface area contributed by atoms with Crippen LogP contribution in [0.5, 0.6) is 0 Å². The highest BCUT2D eigenvalue weighted by molar-refractivity contribution is 7.11. The average Bonchev–Trinajstić information content (AvgIpc) is 2.58. The summed E-state index contributed by atoms with van der Waals surface area (Å²) in [5.74, 6) is 1.58. The Morgan fingerprint density at radius 3 is 2.33 bits per heavy atom. The first-order valence-electron chi connectivity index (χ1n) is 7.16. The van der Waals surface area contributed by atoms with Crippen molar-refractivity contribution in [1.29, 1.82) is 0 Å². The van der Waals surface area contributed by atoms with Crippen molar-refractivity contribution < 1.29 is 0 Å². The van der Waals surface area contributed by atoms with Gasteiger partial charge in [-0.15, -0.1) is 11.3 Å². The standard InChI is InChI=1S/C15H26N2S/c1-6-16-15(8-10(2)7-11(3)9-15)14-17-12(4)13(5)18-14/h10-11,16H,6-9H2,1-5H3. The molecule has 18 heavy (non-hydrogen) atoms. The lowest BCUT2D eigenvalue weighted by molar-refractivity contribution is 0.145. The van der Waals surface area contributed by atoms with Gasteiger partial charge in [0.1, 0.15) is 5.01 Å². The minimum absolute atomic E-state index is 0.134. The largest absolute Gasteiger partial charge is 0.306 e. The summed E-state index contributed by atoms with van der Waals surface area (Å²) in [7, 11) is 0. The van der Waals surface area contributed by atoms with E-state index in [-0.39, 0.29) is 5.54 Å².